The lowest BCUT2D eigenvalue weighted by atomic mass is 9.71. The molecule has 2 fully saturated rings. The van der Waals surface area contributed by atoms with E-state index in [-0.39, 0.29) is 12.1 Å². The minimum Gasteiger partial charge on any atom is -0.462 e. The summed E-state index contributed by atoms with van der Waals surface area (Å²) in [7, 11) is 0. The van der Waals surface area contributed by atoms with E-state index >= 15 is 0 Å². The molecule has 0 radical (unpaired) electrons. The molecule has 1 aliphatic carbocycles. The van der Waals surface area contributed by atoms with Crippen molar-refractivity contribution >= 4 is 5.97 Å². The van der Waals surface area contributed by atoms with Crippen molar-refractivity contribution in [3.8, 4) is 0 Å². The average Bonchev–Trinajstić information content (AvgIpc) is 2.87. The van der Waals surface area contributed by atoms with Gasteiger partial charge in [-0.2, -0.15) is 0 Å². The van der Waals surface area contributed by atoms with Gasteiger partial charge in [0.15, 0.2) is 5.79 Å². The Labute approximate surface area is 141 Å². The third kappa shape index (κ3) is 4.48. The predicted octanol–water partition coefficient (Wildman–Crippen LogP) is 4.31. The van der Waals surface area contributed by atoms with E-state index in [4.69, 9.17) is 14.2 Å². The van der Waals surface area contributed by atoms with Gasteiger partial charge in [0, 0.05) is 12.8 Å². The molecule has 1 saturated heterocycles. The number of ether oxygens (including phenoxy) is 3. The monoisotopic (exact) mass is 326 g/mol. The minimum absolute atomic E-state index is 0.127. The van der Waals surface area contributed by atoms with Gasteiger partial charge >= 0.3 is 5.97 Å². The zero-order chi connectivity index (χ0) is 17.3. The Morgan fingerprint density at radius 2 is 1.78 bits per heavy atom. The lowest BCUT2D eigenvalue weighted by Crippen LogP contribution is -2.39. The van der Waals surface area contributed by atoms with E-state index in [0.717, 1.165) is 38.0 Å². The molecule has 0 aromatic heterocycles. The molecule has 0 bridgehead atoms. The number of hydrogen-bond acceptors (Lipinski definition) is 4. The van der Waals surface area contributed by atoms with Crippen LogP contribution in [0.2, 0.25) is 0 Å². The molecule has 1 atom stereocenters. The van der Waals surface area contributed by atoms with Crippen LogP contribution in [0.3, 0.4) is 0 Å². The summed E-state index contributed by atoms with van der Waals surface area (Å²) in [4.78, 5) is 12.1. The minimum atomic E-state index is -0.431. The second kappa shape index (κ2) is 6.72. The molecular formula is C19H34O4. The first-order valence-corrected chi connectivity index (χ1v) is 9.07. The smallest absolute Gasteiger partial charge is 0.311 e. The fourth-order valence-electron chi connectivity index (χ4n) is 3.39. The summed E-state index contributed by atoms with van der Waals surface area (Å²) in [5.74, 6) is 0.141. The molecule has 1 saturated carbocycles. The summed E-state index contributed by atoms with van der Waals surface area (Å²) in [5.41, 5.74) is -0.0806. The van der Waals surface area contributed by atoms with Crippen molar-refractivity contribution in [3.63, 3.8) is 0 Å². The van der Waals surface area contributed by atoms with Gasteiger partial charge in [-0.3, -0.25) is 4.79 Å². The molecule has 1 heterocycles. The molecule has 23 heavy (non-hydrogen) atoms. The van der Waals surface area contributed by atoms with Crippen LogP contribution in [0.1, 0.15) is 73.6 Å². The Bertz CT molecular complexity index is 414. The second-order valence-corrected chi connectivity index (χ2v) is 8.94. The highest BCUT2D eigenvalue weighted by atomic mass is 16.8. The van der Waals surface area contributed by atoms with Crippen LogP contribution < -0.4 is 0 Å². The molecule has 0 amide bonds. The van der Waals surface area contributed by atoms with E-state index in [1.54, 1.807) is 0 Å². The largest absolute Gasteiger partial charge is 0.462 e. The first-order valence-electron chi connectivity index (χ1n) is 9.07. The zero-order valence-corrected chi connectivity index (χ0v) is 15.7. The number of carbonyl (C=O) groups excluding carboxylic acids is 1. The van der Waals surface area contributed by atoms with Crippen molar-refractivity contribution in [2.75, 3.05) is 13.2 Å². The third-order valence-corrected chi connectivity index (χ3v) is 5.72. The molecule has 0 aromatic carbocycles. The summed E-state index contributed by atoms with van der Waals surface area (Å²) in [6, 6.07) is 0. The first-order chi connectivity index (χ1) is 10.6. The lowest BCUT2D eigenvalue weighted by Gasteiger charge is -2.41. The van der Waals surface area contributed by atoms with Gasteiger partial charge in [-0.1, -0.05) is 27.7 Å². The number of carbonyl (C=O) groups is 1. The normalized spacial score (nSPS) is 32.3. The first kappa shape index (κ1) is 18.7. The Morgan fingerprint density at radius 1 is 1.17 bits per heavy atom. The highest BCUT2D eigenvalue weighted by Crippen LogP contribution is 2.45. The quantitative estimate of drug-likeness (QED) is 0.722. The van der Waals surface area contributed by atoms with Gasteiger partial charge in [-0.15, -0.1) is 0 Å². The Morgan fingerprint density at radius 3 is 2.30 bits per heavy atom. The van der Waals surface area contributed by atoms with Gasteiger partial charge in [-0.05, 0) is 44.4 Å². The van der Waals surface area contributed by atoms with Crippen LogP contribution in [-0.4, -0.2) is 31.1 Å². The summed E-state index contributed by atoms with van der Waals surface area (Å²) >= 11 is 0. The van der Waals surface area contributed by atoms with Gasteiger partial charge in [0.2, 0.25) is 0 Å². The molecule has 0 N–H and O–H groups in total. The molecule has 1 spiro atoms. The van der Waals surface area contributed by atoms with Crippen molar-refractivity contribution < 1.29 is 19.0 Å². The van der Waals surface area contributed by atoms with E-state index in [1.807, 2.05) is 20.8 Å². The fourth-order valence-corrected chi connectivity index (χ4v) is 3.39. The molecule has 0 aromatic rings. The molecule has 4 nitrogen and oxygen atoms in total. The molecular weight excluding hydrogens is 292 g/mol. The van der Waals surface area contributed by atoms with Crippen LogP contribution in [0.15, 0.2) is 0 Å². The molecule has 1 aliphatic heterocycles. The lowest BCUT2D eigenvalue weighted by molar-refractivity contribution is -0.202. The maximum Gasteiger partial charge on any atom is 0.311 e. The van der Waals surface area contributed by atoms with Gasteiger partial charge in [-0.25, -0.2) is 0 Å². The van der Waals surface area contributed by atoms with Gasteiger partial charge < -0.3 is 14.2 Å². The molecule has 1 unspecified atom stereocenters. The highest BCUT2D eigenvalue weighted by molar-refractivity contribution is 5.75. The van der Waals surface area contributed by atoms with Crippen LogP contribution in [0.4, 0.5) is 0 Å². The van der Waals surface area contributed by atoms with Crippen molar-refractivity contribution in [2.24, 2.45) is 16.7 Å². The Balaban J connectivity index is 1.80. The topological polar surface area (TPSA) is 44.8 Å². The summed E-state index contributed by atoms with van der Waals surface area (Å²) in [6.45, 7) is 13.6. The predicted molar refractivity (Wildman–Crippen MR) is 90.0 cm³/mol. The molecule has 2 rings (SSSR count). The summed E-state index contributed by atoms with van der Waals surface area (Å²) in [5, 5.41) is 0. The molecule has 4 heteroatoms. The third-order valence-electron chi connectivity index (χ3n) is 5.72. The average molecular weight is 326 g/mol. The number of rotatable bonds is 4. The van der Waals surface area contributed by atoms with Crippen molar-refractivity contribution in [2.45, 2.75) is 85.5 Å². The maximum absolute atomic E-state index is 12.1. The summed E-state index contributed by atoms with van der Waals surface area (Å²) in [6.07, 6.45) is 4.81. The summed E-state index contributed by atoms with van der Waals surface area (Å²) < 4.78 is 17.6. The van der Waals surface area contributed by atoms with Crippen LogP contribution in [0.5, 0.6) is 0 Å². The van der Waals surface area contributed by atoms with E-state index in [9.17, 15) is 4.79 Å². The van der Waals surface area contributed by atoms with Crippen molar-refractivity contribution in [1.29, 1.82) is 0 Å². The Kier molecular flexibility index (Phi) is 5.47. The van der Waals surface area contributed by atoms with E-state index < -0.39 is 11.2 Å². The standard InChI is InChI=1S/C19H34O4/c1-7-18(5,6)16(20)21-12-15-13-22-19(23-15)10-8-14(9-11-19)17(2,3)4/h14-15H,7-13H2,1-6H3. The number of hydrogen-bond donors (Lipinski definition) is 0. The van der Waals surface area contributed by atoms with Gasteiger partial charge in [0.05, 0.1) is 12.0 Å². The van der Waals surface area contributed by atoms with Crippen molar-refractivity contribution in [3.05, 3.63) is 0 Å². The highest BCUT2D eigenvalue weighted by Gasteiger charge is 2.46. The van der Waals surface area contributed by atoms with Crippen LogP contribution in [-0.2, 0) is 19.0 Å². The van der Waals surface area contributed by atoms with Crippen molar-refractivity contribution in [1.82, 2.24) is 0 Å². The van der Waals surface area contributed by atoms with E-state index in [2.05, 4.69) is 20.8 Å². The van der Waals surface area contributed by atoms with Crippen LogP contribution >= 0.6 is 0 Å². The SMILES string of the molecule is CCC(C)(C)C(=O)OCC1COC2(CCC(C(C)(C)C)CC2)O1. The number of esters is 1. The Hall–Kier alpha value is -0.610. The fraction of sp³-hybridized carbons (Fsp3) is 0.947. The zero-order valence-electron chi connectivity index (χ0n) is 15.7. The molecule has 134 valence electrons. The van der Waals surface area contributed by atoms with Crippen LogP contribution in [0.25, 0.3) is 0 Å². The van der Waals surface area contributed by atoms with Gasteiger partial charge in [0.1, 0.15) is 12.7 Å². The molecule has 2 aliphatic rings. The maximum atomic E-state index is 12.1. The second-order valence-electron chi connectivity index (χ2n) is 8.94. The van der Waals surface area contributed by atoms with E-state index in [1.165, 1.54) is 0 Å². The van der Waals surface area contributed by atoms with Crippen LogP contribution in [0, 0.1) is 16.7 Å². The van der Waals surface area contributed by atoms with Gasteiger partial charge in [0.25, 0.3) is 0 Å². The van der Waals surface area contributed by atoms with E-state index in [0.29, 0.717) is 18.6 Å².